The van der Waals surface area contributed by atoms with Gasteiger partial charge >= 0.3 is 0 Å². The second kappa shape index (κ2) is 6.14. The fourth-order valence-electron chi connectivity index (χ4n) is 2.58. The molecule has 1 atom stereocenters. The SMILES string of the molecule is Cc1cc(C)cc(N(C)S(=O)(=O)CC[C@@H]2CCCO2)c1. The molecule has 0 bridgehead atoms. The minimum atomic E-state index is -3.28. The van der Waals surface area contributed by atoms with Gasteiger partial charge in [-0.3, -0.25) is 4.31 Å². The highest BCUT2D eigenvalue weighted by atomic mass is 32.2. The predicted octanol–water partition coefficient (Wildman–Crippen LogP) is 2.64. The topological polar surface area (TPSA) is 46.6 Å². The van der Waals surface area contributed by atoms with Crippen LogP contribution in [0.25, 0.3) is 0 Å². The zero-order chi connectivity index (χ0) is 14.8. The van der Waals surface area contributed by atoms with Crippen molar-refractivity contribution in [1.82, 2.24) is 0 Å². The van der Waals surface area contributed by atoms with Crippen molar-refractivity contribution in [2.75, 3.05) is 23.7 Å². The maximum atomic E-state index is 12.4. The molecule has 0 radical (unpaired) electrons. The first-order chi connectivity index (χ1) is 9.38. The van der Waals surface area contributed by atoms with Gasteiger partial charge < -0.3 is 4.74 Å². The minimum absolute atomic E-state index is 0.109. The number of sulfonamides is 1. The molecule has 1 fully saturated rings. The number of rotatable bonds is 5. The Morgan fingerprint density at radius 3 is 2.45 bits per heavy atom. The summed E-state index contributed by atoms with van der Waals surface area (Å²) in [5, 5.41) is 0. The second-order valence-corrected chi connectivity index (χ2v) is 7.67. The number of hydrogen-bond donors (Lipinski definition) is 0. The van der Waals surface area contributed by atoms with Gasteiger partial charge in [0, 0.05) is 13.7 Å². The molecule has 1 aromatic rings. The lowest BCUT2D eigenvalue weighted by molar-refractivity contribution is 0.109. The number of aryl methyl sites for hydroxylation is 2. The minimum Gasteiger partial charge on any atom is -0.378 e. The van der Waals surface area contributed by atoms with E-state index in [-0.39, 0.29) is 11.9 Å². The molecule has 5 heteroatoms. The van der Waals surface area contributed by atoms with E-state index in [4.69, 9.17) is 4.74 Å². The highest BCUT2D eigenvalue weighted by Crippen LogP contribution is 2.22. The molecule has 0 spiro atoms. The summed E-state index contributed by atoms with van der Waals surface area (Å²) >= 11 is 0. The molecule has 2 rings (SSSR count). The Morgan fingerprint density at radius 1 is 1.25 bits per heavy atom. The van der Waals surface area contributed by atoms with Gasteiger partial charge in [0.05, 0.1) is 17.5 Å². The van der Waals surface area contributed by atoms with Gasteiger partial charge in [0.1, 0.15) is 0 Å². The van der Waals surface area contributed by atoms with Gasteiger partial charge in [0.25, 0.3) is 0 Å². The van der Waals surface area contributed by atoms with Crippen molar-refractivity contribution in [3.05, 3.63) is 29.3 Å². The van der Waals surface area contributed by atoms with Gasteiger partial charge in [-0.15, -0.1) is 0 Å². The van der Waals surface area contributed by atoms with Crippen LogP contribution in [0, 0.1) is 13.8 Å². The maximum Gasteiger partial charge on any atom is 0.234 e. The molecule has 0 aliphatic carbocycles. The fourth-order valence-corrected chi connectivity index (χ4v) is 3.84. The average molecular weight is 297 g/mol. The van der Waals surface area contributed by atoms with Gasteiger partial charge in [-0.05, 0) is 56.4 Å². The van der Waals surface area contributed by atoms with Crippen molar-refractivity contribution in [1.29, 1.82) is 0 Å². The molecule has 0 N–H and O–H groups in total. The summed E-state index contributed by atoms with van der Waals surface area (Å²) in [5.74, 6) is 0.140. The largest absolute Gasteiger partial charge is 0.378 e. The standard InChI is InChI=1S/C15H23NO3S/c1-12-9-13(2)11-14(10-12)16(3)20(17,18)8-6-15-5-4-7-19-15/h9-11,15H,4-8H2,1-3H3/t15-/m0/s1. The summed E-state index contributed by atoms with van der Waals surface area (Å²) in [4.78, 5) is 0. The molecule has 0 amide bonds. The normalized spacial score (nSPS) is 19.2. The van der Waals surface area contributed by atoms with E-state index in [0.29, 0.717) is 6.42 Å². The van der Waals surface area contributed by atoms with Crippen molar-refractivity contribution in [2.24, 2.45) is 0 Å². The highest BCUT2D eigenvalue weighted by molar-refractivity contribution is 7.92. The van der Waals surface area contributed by atoms with Gasteiger partial charge in [-0.1, -0.05) is 6.07 Å². The number of benzene rings is 1. The van der Waals surface area contributed by atoms with Crippen LogP contribution in [-0.2, 0) is 14.8 Å². The summed E-state index contributed by atoms with van der Waals surface area (Å²) in [6.07, 6.45) is 2.70. The zero-order valence-corrected chi connectivity index (χ0v) is 13.2. The molecule has 1 heterocycles. The maximum absolute atomic E-state index is 12.4. The van der Waals surface area contributed by atoms with E-state index in [2.05, 4.69) is 0 Å². The fraction of sp³-hybridized carbons (Fsp3) is 0.600. The first-order valence-electron chi connectivity index (χ1n) is 7.05. The van der Waals surface area contributed by atoms with E-state index in [0.717, 1.165) is 36.3 Å². The Labute approximate surface area is 121 Å². The highest BCUT2D eigenvalue weighted by Gasteiger charge is 2.23. The molecule has 0 aromatic heterocycles. The van der Waals surface area contributed by atoms with Crippen LogP contribution in [0.1, 0.15) is 30.4 Å². The second-order valence-electron chi connectivity index (χ2n) is 5.55. The van der Waals surface area contributed by atoms with Gasteiger partial charge in [0.15, 0.2) is 0 Å². The first-order valence-corrected chi connectivity index (χ1v) is 8.66. The molecular formula is C15H23NO3S. The molecule has 0 unspecified atom stereocenters. The van der Waals surface area contributed by atoms with Crippen molar-refractivity contribution < 1.29 is 13.2 Å². The smallest absolute Gasteiger partial charge is 0.234 e. The predicted molar refractivity (Wildman–Crippen MR) is 81.7 cm³/mol. The molecule has 4 nitrogen and oxygen atoms in total. The summed E-state index contributed by atoms with van der Waals surface area (Å²) in [7, 11) is -1.66. The Hall–Kier alpha value is -1.07. The first kappa shape index (κ1) is 15.3. The number of anilines is 1. The Bertz CT molecular complexity index is 542. The van der Waals surface area contributed by atoms with Crippen LogP contribution >= 0.6 is 0 Å². The third-order valence-electron chi connectivity index (χ3n) is 3.71. The van der Waals surface area contributed by atoms with Crippen LogP contribution in [0.4, 0.5) is 5.69 Å². The van der Waals surface area contributed by atoms with E-state index in [9.17, 15) is 8.42 Å². The zero-order valence-electron chi connectivity index (χ0n) is 12.4. The lowest BCUT2D eigenvalue weighted by Crippen LogP contribution is -2.30. The molecule has 20 heavy (non-hydrogen) atoms. The molecule has 112 valence electrons. The Balaban J connectivity index is 2.07. The van der Waals surface area contributed by atoms with Crippen molar-refractivity contribution in [2.45, 2.75) is 39.2 Å². The van der Waals surface area contributed by atoms with Crippen molar-refractivity contribution in [3.8, 4) is 0 Å². The molecule has 0 saturated carbocycles. The average Bonchev–Trinajstić information content (AvgIpc) is 2.87. The summed E-state index contributed by atoms with van der Waals surface area (Å²) in [5.41, 5.74) is 2.87. The summed E-state index contributed by atoms with van der Waals surface area (Å²) in [6.45, 7) is 4.71. The van der Waals surface area contributed by atoms with E-state index >= 15 is 0 Å². The van der Waals surface area contributed by atoms with Crippen LogP contribution < -0.4 is 4.31 Å². The monoisotopic (exact) mass is 297 g/mol. The Kier molecular flexibility index (Phi) is 4.70. The number of nitrogens with zero attached hydrogens (tertiary/aromatic N) is 1. The molecule has 1 aromatic carbocycles. The Morgan fingerprint density at radius 2 is 1.90 bits per heavy atom. The van der Waals surface area contributed by atoms with Crippen molar-refractivity contribution in [3.63, 3.8) is 0 Å². The van der Waals surface area contributed by atoms with E-state index in [1.807, 2.05) is 32.0 Å². The summed E-state index contributed by atoms with van der Waals surface area (Å²) < 4.78 is 31.6. The van der Waals surface area contributed by atoms with Crippen molar-refractivity contribution >= 4 is 15.7 Å². The van der Waals surface area contributed by atoms with E-state index in [1.165, 1.54) is 4.31 Å². The summed E-state index contributed by atoms with van der Waals surface area (Å²) in [6, 6.07) is 5.84. The van der Waals surface area contributed by atoms with Gasteiger partial charge in [-0.25, -0.2) is 8.42 Å². The van der Waals surface area contributed by atoms with Gasteiger partial charge in [0.2, 0.25) is 10.0 Å². The quantitative estimate of drug-likeness (QED) is 0.839. The molecule has 1 aliphatic rings. The third kappa shape index (κ3) is 3.73. The lowest BCUT2D eigenvalue weighted by Gasteiger charge is -2.21. The van der Waals surface area contributed by atoms with E-state index < -0.39 is 10.0 Å². The molecule has 1 saturated heterocycles. The number of hydrogen-bond acceptors (Lipinski definition) is 3. The van der Waals surface area contributed by atoms with Crippen LogP contribution in [-0.4, -0.2) is 33.9 Å². The van der Waals surface area contributed by atoms with Crippen LogP contribution in [0.5, 0.6) is 0 Å². The third-order valence-corrected chi connectivity index (χ3v) is 5.51. The van der Waals surface area contributed by atoms with Crippen LogP contribution in [0.3, 0.4) is 0 Å². The van der Waals surface area contributed by atoms with E-state index in [1.54, 1.807) is 7.05 Å². The molecular weight excluding hydrogens is 274 g/mol. The lowest BCUT2D eigenvalue weighted by atomic mass is 10.1. The van der Waals surface area contributed by atoms with Crippen LogP contribution in [0.2, 0.25) is 0 Å². The number of ether oxygens (including phenoxy) is 1. The van der Waals surface area contributed by atoms with Crippen LogP contribution in [0.15, 0.2) is 18.2 Å². The van der Waals surface area contributed by atoms with Gasteiger partial charge in [-0.2, -0.15) is 0 Å². The molecule has 1 aliphatic heterocycles.